The fourth-order valence-electron chi connectivity index (χ4n) is 2.41. The number of rotatable bonds is 5. The van der Waals surface area contributed by atoms with E-state index in [0.29, 0.717) is 11.8 Å². The van der Waals surface area contributed by atoms with Crippen LogP contribution in [0.4, 0.5) is 0 Å². The quantitative estimate of drug-likeness (QED) is 0.841. The molecule has 4 nitrogen and oxygen atoms in total. The van der Waals surface area contributed by atoms with Crippen molar-refractivity contribution >= 4 is 5.97 Å². The van der Waals surface area contributed by atoms with Gasteiger partial charge in [0.1, 0.15) is 5.75 Å². The van der Waals surface area contributed by atoms with Crippen molar-refractivity contribution in [2.75, 3.05) is 7.11 Å². The number of carbonyl (C=O) groups is 1. The monoisotopic (exact) mass is 249 g/mol. The number of aromatic carboxylic acids is 1. The number of hydrogen-bond donors (Lipinski definition) is 2. The van der Waals surface area contributed by atoms with Gasteiger partial charge in [0, 0.05) is 18.2 Å². The number of benzene rings is 1. The molecule has 2 N–H and O–H groups in total. The van der Waals surface area contributed by atoms with E-state index in [9.17, 15) is 4.79 Å². The molecule has 1 fully saturated rings. The normalized spacial score (nSPS) is 15.8. The van der Waals surface area contributed by atoms with Crippen molar-refractivity contribution in [1.82, 2.24) is 5.32 Å². The molecule has 0 atom stereocenters. The van der Waals surface area contributed by atoms with Gasteiger partial charge in [0.15, 0.2) is 0 Å². The van der Waals surface area contributed by atoms with E-state index in [1.54, 1.807) is 19.2 Å². The van der Waals surface area contributed by atoms with Gasteiger partial charge >= 0.3 is 5.97 Å². The molecule has 2 rings (SSSR count). The summed E-state index contributed by atoms with van der Waals surface area (Å²) in [5.74, 6) is -0.288. The Labute approximate surface area is 107 Å². The van der Waals surface area contributed by atoms with Crippen LogP contribution in [0, 0.1) is 0 Å². The van der Waals surface area contributed by atoms with Gasteiger partial charge in [-0.25, -0.2) is 4.79 Å². The molecular formula is C14H19NO3. The van der Waals surface area contributed by atoms with Crippen LogP contribution in [0.1, 0.15) is 41.6 Å². The van der Waals surface area contributed by atoms with Gasteiger partial charge in [0.25, 0.3) is 0 Å². The Kier molecular flexibility index (Phi) is 4.20. The molecule has 4 heteroatoms. The van der Waals surface area contributed by atoms with Crippen molar-refractivity contribution in [3.63, 3.8) is 0 Å². The van der Waals surface area contributed by atoms with Gasteiger partial charge in [0.05, 0.1) is 12.7 Å². The predicted molar refractivity (Wildman–Crippen MR) is 69.0 cm³/mol. The van der Waals surface area contributed by atoms with Crippen LogP contribution < -0.4 is 10.1 Å². The second-order valence-corrected chi connectivity index (χ2v) is 4.69. The number of hydrogen-bond acceptors (Lipinski definition) is 3. The molecule has 1 aromatic carbocycles. The zero-order valence-electron chi connectivity index (χ0n) is 10.6. The highest BCUT2D eigenvalue weighted by molar-refractivity contribution is 5.88. The summed E-state index contributed by atoms with van der Waals surface area (Å²) < 4.78 is 5.25. The zero-order valence-corrected chi connectivity index (χ0v) is 10.6. The number of nitrogens with one attached hydrogen (secondary N) is 1. The minimum absolute atomic E-state index is 0.261. The zero-order chi connectivity index (χ0) is 13.0. The van der Waals surface area contributed by atoms with Crippen LogP contribution in [-0.2, 0) is 6.54 Å². The number of methoxy groups -OCH3 is 1. The Morgan fingerprint density at radius 3 is 2.78 bits per heavy atom. The van der Waals surface area contributed by atoms with Crippen LogP contribution in [0.3, 0.4) is 0 Å². The maximum atomic E-state index is 10.9. The second kappa shape index (κ2) is 5.87. The Bertz CT molecular complexity index is 425. The lowest BCUT2D eigenvalue weighted by molar-refractivity contribution is 0.0696. The van der Waals surface area contributed by atoms with Crippen molar-refractivity contribution in [2.45, 2.75) is 38.3 Å². The average molecular weight is 249 g/mol. The predicted octanol–water partition coefficient (Wildman–Crippen LogP) is 2.43. The van der Waals surface area contributed by atoms with E-state index in [1.165, 1.54) is 25.7 Å². The number of ether oxygens (including phenoxy) is 1. The van der Waals surface area contributed by atoms with Crippen molar-refractivity contribution in [3.05, 3.63) is 29.3 Å². The molecule has 0 radical (unpaired) electrons. The third kappa shape index (κ3) is 3.01. The Balaban J connectivity index is 2.04. The molecule has 0 spiro atoms. The van der Waals surface area contributed by atoms with Gasteiger partial charge in [-0.1, -0.05) is 18.9 Å². The van der Waals surface area contributed by atoms with Crippen molar-refractivity contribution in [3.8, 4) is 5.75 Å². The summed E-state index contributed by atoms with van der Waals surface area (Å²) in [5, 5.41) is 12.4. The Morgan fingerprint density at radius 1 is 1.44 bits per heavy atom. The molecule has 0 aromatic heterocycles. The summed E-state index contributed by atoms with van der Waals surface area (Å²) in [6.45, 7) is 0.730. The average Bonchev–Trinajstić information content (AvgIpc) is 2.89. The summed E-state index contributed by atoms with van der Waals surface area (Å²) in [5.41, 5.74) is 1.27. The maximum Gasteiger partial charge on any atom is 0.335 e. The fraction of sp³-hybridized carbons (Fsp3) is 0.500. The Hall–Kier alpha value is -1.55. The van der Waals surface area contributed by atoms with Gasteiger partial charge < -0.3 is 15.2 Å². The first-order valence-electron chi connectivity index (χ1n) is 6.34. The van der Waals surface area contributed by atoms with E-state index in [4.69, 9.17) is 9.84 Å². The smallest absolute Gasteiger partial charge is 0.335 e. The maximum absolute atomic E-state index is 10.9. The summed E-state index contributed by atoms with van der Waals surface area (Å²) in [7, 11) is 1.57. The standard InChI is InChI=1S/C14H19NO3/c1-18-13-8-10(14(16)17)6-7-11(13)9-15-12-4-2-3-5-12/h6-8,12,15H,2-5,9H2,1H3,(H,16,17). The number of carboxylic acids is 1. The summed E-state index contributed by atoms with van der Waals surface area (Å²) in [4.78, 5) is 10.9. The van der Waals surface area contributed by atoms with Gasteiger partial charge in [-0.15, -0.1) is 0 Å². The Morgan fingerprint density at radius 2 is 2.17 bits per heavy atom. The molecule has 1 aromatic rings. The first-order chi connectivity index (χ1) is 8.70. The lowest BCUT2D eigenvalue weighted by atomic mass is 10.1. The van der Waals surface area contributed by atoms with E-state index in [2.05, 4.69) is 5.32 Å². The highest BCUT2D eigenvalue weighted by Crippen LogP contribution is 2.22. The van der Waals surface area contributed by atoms with E-state index in [-0.39, 0.29) is 5.56 Å². The molecular weight excluding hydrogens is 230 g/mol. The molecule has 0 heterocycles. The molecule has 1 aliphatic rings. The molecule has 0 amide bonds. The fourth-order valence-corrected chi connectivity index (χ4v) is 2.41. The summed E-state index contributed by atoms with van der Waals surface area (Å²) >= 11 is 0. The van der Waals surface area contributed by atoms with E-state index >= 15 is 0 Å². The molecule has 1 aliphatic carbocycles. The van der Waals surface area contributed by atoms with E-state index in [0.717, 1.165) is 12.1 Å². The highest BCUT2D eigenvalue weighted by Gasteiger charge is 2.15. The molecule has 0 bridgehead atoms. The van der Waals surface area contributed by atoms with Crippen molar-refractivity contribution in [2.24, 2.45) is 0 Å². The van der Waals surface area contributed by atoms with Gasteiger partial charge in [-0.05, 0) is 25.0 Å². The lowest BCUT2D eigenvalue weighted by Gasteiger charge is -2.14. The molecule has 0 unspecified atom stereocenters. The molecule has 1 saturated carbocycles. The third-order valence-electron chi connectivity index (χ3n) is 3.47. The highest BCUT2D eigenvalue weighted by atomic mass is 16.5. The van der Waals surface area contributed by atoms with Crippen LogP contribution in [0.15, 0.2) is 18.2 Å². The summed E-state index contributed by atoms with van der Waals surface area (Å²) in [6.07, 6.45) is 5.06. The van der Waals surface area contributed by atoms with Crippen LogP contribution in [0.25, 0.3) is 0 Å². The lowest BCUT2D eigenvalue weighted by Crippen LogP contribution is -2.25. The van der Waals surface area contributed by atoms with E-state index < -0.39 is 5.97 Å². The SMILES string of the molecule is COc1cc(C(=O)O)ccc1CNC1CCCC1. The van der Waals surface area contributed by atoms with Crippen molar-refractivity contribution < 1.29 is 14.6 Å². The van der Waals surface area contributed by atoms with Gasteiger partial charge in [-0.3, -0.25) is 0 Å². The first-order valence-corrected chi connectivity index (χ1v) is 6.34. The van der Waals surface area contributed by atoms with Gasteiger partial charge in [0.2, 0.25) is 0 Å². The van der Waals surface area contributed by atoms with E-state index in [1.807, 2.05) is 6.07 Å². The molecule has 18 heavy (non-hydrogen) atoms. The minimum Gasteiger partial charge on any atom is -0.496 e. The second-order valence-electron chi connectivity index (χ2n) is 4.69. The van der Waals surface area contributed by atoms with Crippen molar-refractivity contribution in [1.29, 1.82) is 0 Å². The van der Waals surface area contributed by atoms with Crippen LogP contribution >= 0.6 is 0 Å². The largest absolute Gasteiger partial charge is 0.496 e. The molecule has 98 valence electrons. The topological polar surface area (TPSA) is 58.6 Å². The third-order valence-corrected chi connectivity index (χ3v) is 3.47. The van der Waals surface area contributed by atoms with Crippen LogP contribution in [0.5, 0.6) is 5.75 Å². The number of carboxylic acid groups (broad SMARTS) is 1. The molecule has 0 saturated heterocycles. The van der Waals surface area contributed by atoms with Crippen LogP contribution in [0.2, 0.25) is 0 Å². The molecule has 0 aliphatic heterocycles. The summed E-state index contributed by atoms with van der Waals surface area (Å²) in [6, 6.07) is 5.61. The van der Waals surface area contributed by atoms with Crippen LogP contribution in [-0.4, -0.2) is 24.2 Å². The minimum atomic E-state index is -0.927. The first kappa shape index (κ1) is 12.9. The van der Waals surface area contributed by atoms with Gasteiger partial charge in [-0.2, -0.15) is 0 Å².